The fraction of sp³-hybridized carbons (Fsp3) is 0.588. The zero-order chi connectivity index (χ0) is 15.8. The van der Waals surface area contributed by atoms with Crippen LogP contribution >= 0.6 is 0 Å². The van der Waals surface area contributed by atoms with E-state index >= 15 is 0 Å². The smallest absolute Gasteiger partial charge is 0.304 e. The lowest BCUT2D eigenvalue weighted by Crippen LogP contribution is -2.18. The van der Waals surface area contributed by atoms with Crippen LogP contribution in [0, 0.1) is 0 Å². The molecule has 0 spiro atoms. The molecule has 2 rings (SSSR count). The lowest BCUT2D eigenvalue weighted by atomic mass is 9.82. The predicted octanol–water partition coefficient (Wildman–Crippen LogP) is 3.51. The summed E-state index contributed by atoms with van der Waals surface area (Å²) >= 11 is 0. The first-order chi connectivity index (χ1) is 9.73. The molecule has 0 aliphatic heterocycles. The molecule has 1 saturated carbocycles. The molecule has 0 saturated heterocycles. The molecule has 1 aliphatic carbocycles. The van der Waals surface area contributed by atoms with Gasteiger partial charge in [-0.1, -0.05) is 26.8 Å². The van der Waals surface area contributed by atoms with Gasteiger partial charge in [0.05, 0.1) is 20.6 Å². The molecule has 0 aromatic heterocycles. The highest BCUT2D eigenvalue weighted by molar-refractivity contribution is 5.71. The van der Waals surface area contributed by atoms with Crippen molar-refractivity contribution in [3.8, 4) is 11.5 Å². The van der Waals surface area contributed by atoms with E-state index in [1.807, 2.05) is 6.07 Å². The SMILES string of the molecule is COc1cc(C(C)(C)C)cc(C2(CC(=O)O)CC2)c1OC. The van der Waals surface area contributed by atoms with Crippen LogP contribution in [-0.2, 0) is 15.6 Å². The third kappa shape index (κ3) is 2.99. The summed E-state index contributed by atoms with van der Waals surface area (Å²) in [5, 5.41) is 9.20. The summed E-state index contributed by atoms with van der Waals surface area (Å²) in [5.41, 5.74) is 1.77. The molecule has 1 N–H and O–H groups in total. The van der Waals surface area contributed by atoms with E-state index in [2.05, 4.69) is 26.8 Å². The highest BCUT2D eigenvalue weighted by Crippen LogP contribution is 2.56. The first kappa shape index (κ1) is 15.7. The second-order valence-electron chi connectivity index (χ2n) is 6.86. The molecule has 1 aliphatic rings. The van der Waals surface area contributed by atoms with Crippen molar-refractivity contribution in [2.45, 2.75) is 50.9 Å². The monoisotopic (exact) mass is 292 g/mol. The van der Waals surface area contributed by atoms with Crippen molar-refractivity contribution < 1.29 is 19.4 Å². The van der Waals surface area contributed by atoms with Crippen LogP contribution in [0.1, 0.15) is 51.2 Å². The largest absolute Gasteiger partial charge is 0.493 e. The van der Waals surface area contributed by atoms with Crippen LogP contribution in [0.25, 0.3) is 0 Å². The van der Waals surface area contributed by atoms with Crippen LogP contribution in [0.15, 0.2) is 12.1 Å². The molecule has 4 nitrogen and oxygen atoms in total. The molecule has 0 heterocycles. The summed E-state index contributed by atoms with van der Waals surface area (Å²) in [4.78, 5) is 11.2. The highest BCUT2D eigenvalue weighted by atomic mass is 16.5. The topological polar surface area (TPSA) is 55.8 Å². The van der Waals surface area contributed by atoms with E-state index in [9.17, 15) is 9.90 Å². The van der Waals surface area contributed by atoms with Crippen molar-refractivity contribution >= 4 is 5.97 Å². The Bertz CT molecular complexity index is 551. The fourth-order valence-corrected chi connectivity index (χ4v) is 2.77. The average molecular weight is 292 g/mol. The minimum absolute atomic E-state index is 0.0341. The Kier molecular flexibility index (Phi) is 3.91. The molecule has 116 valence electrons. The van der Waals surface area contributed by atoms with E-state index in [4.69, 9.17) is 9.47 Å². The molecule has 0 bridgehead atoms. The molecule has 1 aromatic rings. The lowest BCUT2D eigenvalue weighted by molar-refractivity contribution is -0.137. The quantitative estimate of drug-likeness (QED) is 0.902. The molecular formula is C17H24O4. The number of benzene rings is 1. The maximum Gasteiger partial charge on any atom is 0.304 e. The third-order valence-electron chi connectivity index (χ3n) is 4.26. The van der Waals surface area contributed by atoms with Crippen molar-refractivity contribution in [3.63, 3.8) is 0 Å². The van der Waals surface area contributed by atoms with Crippen LogP contribution < -0.4 is 9.47 Å². The number of rotatable bonds is 5. The summed E-state index contributed by atoms with van der Waals surface area (Å²) in [7, 11) is 3.22. The highest BCUT2D eigenvalue weighted by Gasteiger charge is 2.48. The fourth-order valence-electron chi connectivity index (χ4n) is 2.77. The molecular weight excluding hydrogens is 268 g/mol. The summed E-state index contributed by atoms with van der Waals surface area (Å²) in [6.45, 7) is 6.40. The third-order valence-corrected chi connectivity index (χ3v) is 4.26. The standard InChI is InChI=1S/C17H24O4/c1-16(2,3)11-8-12(15(21-5)13(9-11)20-4)17(6-7-17)10-14(18)19/h8-9H,6-7,10H2,1-5H3,(H,18,19). The number of carbonyl (C=O) groups is 1. The van der Waals surface area contributed by atoms with Gasteiger partial charge in [-0.2, -0.15) is 0 Å². The van der Waals surface area contributed by atoms with E-state index in [0.717, 1.165) is 24.0 Å². The van der Waals surface area contributed by atoms with Gasteiger partial charge in [0.1, 0.15) is 0 Å². The van der Waals surface area contributed by atoms with Gasteiger partial charge in [-0.15, -0.1) is 0 Å². The van der Waals surface area contributed by atoms with Gasteiger partial charge in [0.2, 0.25) is 0 Å². The Balaban J connectivity index is 2.60. The Morgan fingerprint density at radius 2 is 1.86 bits per heavy atom. The molecule has 0 unspecified atom stereocenters. The molecule has 1 fully saturated rings. The Labute approximate surface area is 126 Å². The van der Waals surface area contributed by atoms with Gasteiger partial charge in [-0.05, 0) is 29.9 Å². The summed E-state index contributed by atoms with van der Waals surface area (Å²) in [6.07, 6.45) is 1.90. The zero-order valence-electron chi connectivity index (χ0n) is 13.4. The maximum atomic E-state index is 11.2. The van der Waals surface area contributed by atoms with Gasteiger partial charge >= 0.3 is 5.97 Å². The van der Waals surface area contributed by atoms with Gasteiger partial charge < -0.3 is 14.6 Å². The summed E-state index contributed by atoms with van der Waals surface area (Å²) in [5.74, 6) is 0.579. The summed E-state index contributed by atoms with van der Waals surface area (Å²) < 4.78 is 11.0. The molecule has 1 aromatic carbocycles. The van der Waals surface area contributed by atoms with Crippen LogP contribution in [0.4, 0.5) is 0 Å². The normalized spacial score (nSPS) is 16.4. The second kappa shape index (κ2) is 5.24. The van der Waals surface area contributed by atoms with E-state index in [0.29, 0.717) is 11.5 Å². The minimum atomic E-state index is -0.769. The average Bonchev–Trinajstić information content (AvgIpc) is 3.15. The molecule has 0 radical (unpaired) electrons. The van der Waals surface area contributed by atoms with Gasteiger partial charge in [-0.25, -0.2) is 0 Å². The number of ether oxygens (including phenoxy) is 2. The molecule has 0 amide bonds. The first-order valence-electron chi connectivity index (χ1n) is 7.22. The van der Waals surface area contributed by atoms with Crippen molar-refractivity contribution in [1.82, 2.24) is 0 Å². The zero-order valence-corrected chi connectivity index (χ0v) is 13.4. The van der Waals surface area contributed by atoms with Crippen molar-refractivity contribution in [1.29, 1.82) is 0 Å². The maximum absolute atomic E-state index is 11.2. The molecule has 21 heavy (non-hydrogen) atoms. The van der Waals surface area contributed by atoms with Crippen molar-refractivity contribution in [2.24, 2.45) is 0 Å². The van der Waals surface area contributed by atoms with E-state index in [1.54, 1.807) is 14.2 Å². The lowest BCUT2D eigenvalue weighted by Gasteiger charge is -2.25. The van der Waals surface area contributed by atoms with Gasteiger partial charge in [0.25, 0.3) is 0 Å². The van der Waals surface area contributed by atoms with E-state index in [1.165, 1.54) is 0 Å². The number of methoxy groups -OCH3 is 2. The van der Waals surface area contributed by atoms with Crippen molar-refractivity contribution in [3.05, 3.63) is 23.3 Å². The van der Waals surface area contributed by atoms with Gasteiger partial charge in [-0.3, -0.25) is 4.79 Å². The Morgan fingerprint density at radius 1 is 1.24 bits per heavy atom. The number of hydrogen-bond donors (Lipinski definition) is 1. The molecule has 4 heteroatoms. The number of aliphatic carboxylic acids is 1. The predicted molar refractivity (Wildman–Crippen MR) is 81.4 cm³/mol. The second-order valence-corrected chi connectivity index (χ2v) is 6.86. The number of carboxylic acids is 1. The van der Waals surface area contributed by atoms with Gasteiger partial charge in [0.15, 0.2) is 11.5 Å². The minimum Gasteiger partial charge on any atom is -0.493 e. The van der Waals surface area contributed by atoms with E-state index < -0.39 is 5.97 Å². The first-order valence-corrected chi connectivity index (χ1v) is 7.22. The molecule has 0 atom stereocenters. The van der Waals surface area contributed by atoms with Crippen LogP contribution in [0.2, 0.25) is 0 Å². The van der Waals surface area contributed by atoms with Crippen LogP contribution in [0.5, 0.6) is 11.5 Å². The Morgan fingerprint density at radius 3 is 2.24 bits per heavy atom. The van der Waals surface area contributed by atoms with E-state index in [-0.39, 0.29) is 17.3 Å². The van der Waals surface area contributed by atoms with Crippen LogP contribution in [-0.4, -0.2) is 25.3 Å². The summed E-state index contributed by atoms with van der Waals surface area (Å²) in [6, 6.07) is 4.08. The number of hydrogen-bond acceptors (Lipinski definition) is 3. The van der Waals surface area contributed by atoms with Crippen LogP contribution in [0.3, 0.4) is 0 Å². The Hall–Kier alpha value is -1.71. The van der Waals surface area contributed by atoms with Crippen molar-refractivity contribution in [2.75, 3.05) is 14.2 Å². The van der Waals surface area contributed by atoms with Gasteiger partial charge in [0, 0.05) is 11.0 Å². The number of carboxylic acid groups (broad SMARTS) is 1.